The van der Waals surface area contributed by atoms with Gasteiger partial charge in [-0.1, -0.05) is 6.92 Å². The summed E-state index contributed by atoms with van der Waals surface area (Å²) in [6, 6.07) is -0.389. The van der Waals surface area contributed by atoms with Gasteiger partial charge in [-0.05, 0) is 12.8 Å². The Kier molecular flexibility index (Phi) is 3.96. The highest BCUT2D eigenvalue weighted by atomic mass is 16.2. The van der Waals surface area contributed by atoms with Crippen LogP contribution in [0.15, 0.2) is 12.4 Å². The van der Waals surface area contributed by atoms with Gasteiger partial charge < -0.3 is 15.2 Å². The van der Waals surface area contributed by atoms with Crippen LogP contribution in [0.5, 0.6) is 0 Å². The lowest BCUT2D eigenvalue weighted by Gasteiger charge is -2.22. The molecule has 0 aromatic carbocycles. The van der Waals surface area contributed by atoms with Crippen LogP contribution in [0, 0.1) is 0 Å². The van der Waals surface area contributed by atoms with Gasteiger partial charge in [0.2, 0.25) is 11.8 Å². The molecule has 1 aromatic rings. The molecule has 1 aliphatic rings. The number of imidazole rings is 1. The monoisotopic (exact) mass is 250 g/mol. The van der Waals surface area contributed by atoms with Crippen LogP contribution in [0.25, 0.3) is 0 Å². The third-order valence-electron chi connectivity index (χ3n) is 3.05. The largest absolute Gasteiger partial charge is 0.354 e. The number of aromatic nitrogens is 2. The first-order valence-electron chi connectivity index (χ1n) is 6.27. The first-order chi connectivity index (χ1) is 8.70. The average Bonchev–Trinajstić information content (AvgIpc) is 2.79. The molecule has 2 heterocycles. The molecule has 2 rings (SSSR count). The SMILES string of the molecule is CCc1nccn1CC(=O)N[C@@H]1CCCNC1=O. The van der Waals surface area contributed by atoms with Crippen molar-refractivity contribution >= 4 is 11.8 Å². The average molecular weight is 250 g/mol. The highest BCUT2D eigenvalue weighted by Crippen LogP contribution is 2.03. The molecule has 1 saturated heterocycles. The summed E-state index contributed by atoms with van der Waals surface area (Å²) < 4.78 is 1.80. The molecule has 1 aliphatic heterocycles. The van der Waals surface area contributed by atoms with Crippen molar-refractivity contribution in [1.29, 1.82) is 0 Å². The number of hydrogen-bond donors (Lipinski definition) is 2. The molecule has 1 aromatic heterocycles. The van der Waals surface area contributed by atoms with Crippen molar-refractivity contribution in [3.8, 4) is 0 Å². The number of nitrogens with zero attached hydrogens (tertiary/aromatic N) is 2. The van der Waals surface area contributed by atoms with Crippen LogP contribution in [0.3, 0.4) is 0 Å². The molecule has 1 atom stereocenters. The van der Waals surface area contributed by atoms with Crippen LogP contribution in [0.4, 0.5) is 0 Å². The Balaban J connectivity index is 1.90. The molecule has 2 N–H and O–H groups in total. The van der Waals surface area contributed by atoms with Crippen molar-refractivity contribution in [3.63, 3.8) is 0 Å². The normalized spacial score (nSPS) is 19.4. The molecular formula is C12H18N4O2. The van der Waals surface area contributed by atoms with E-state index in [1.165, 1.54) is 0 Å². The van der Waals surface area contributed by atoms with E-state index in [1.807, 2.05) is 6.92 Å². The summed E-state index contributed by atoms with van der Waals surface area (Å²) in [7, 11) is 0. The molecule has 0 aliphatic carbocycles. The van der Waals surface area contributed by atoms with E-state index in [9.17, 15) is 9.59 Å². The highest BCUT2D eigenvalue weighted by molar-refractivity contribution is 5.87. The predicted molar refractivity (Wildman–Crippen MR) is 65.8 cm³/mol. The Labute approximate surface area is 106 Å². The predicted octanol–water partition coefficient (Wildman–Crippen LogP) is -0.160. The molecule has 2 amide bonds. The minimum absolute atomic E-state index is 0.0871. The Morgan fingerprint density at radius 3 is 3.22 bits per heavy atom. The van der Waals surface area contributed by atoms with Crippen LogP contribution in [0.2, 0.25) is 0 Å². The molecular weight excluding hydrogens is 232 g/mol. The van der Waals surface area contributed by atoms with E-state index >= 15 is 0 Å². The van der Waals surface area contributed by atoms with Gasteiger partial charge in [-0.3, -0.25) is 9.59 Å². The van der Waals surface area contributed by atoms with Gasteiger partial charge in [-0.25, -0.2) is 4.98 Å². The number of nitrogens with one attached hydrogen (secondary N) is 2. The van der Waals surface area contributed by atoms with E-state index < -0.39 is 0 Å². The summed E-state index contributed by atoms with van der Waals surface area (Å²) >= 11 is 0. The van der Waals surface area contributed by atoms with Crippen molar-refractivity contribution in [1.82, 2.24) is 20.2 Å². The van der Waals surface area contributed by atoms with E-state index in [4.69, 9.17) is 0 Å². The highest BCUT2D eigenvalue weighted by Gasteiger charge is 2.23. The van der Waals surface area contributed by atoms with Crippen molar-refractivity contribution in [3.05, 3.63) is 18.2 Å². The fraction of sp³-hybridized carbons (Fsp3) is 0.583. The third kappa shape index (κ3) is 2.88. The molecule has 1 fully saturated rings. The topological polar surface area (TPSA) is 76.0 Å². The Bertz CT molecular complexity index is 441. The first kappa shape index (κ1) is 12.6. The van der Waals surface area contributed by atoms with Crippen molar-refractivity contribution < 1.29 is 9.59 Å². The van der Waals surface area contributed by atoms with E-state index in [1.54, 1.807) is 17.0 Å². The first-order valence-corrected chi connectivity index (χ1v) is 6.27. The Morgan fingerprint density at radius 2 is 2.50 bits per heavy atom. The third-order valence-corrected chi connectivity index (χ3v) is 3.05. The summed E-state index contributed by atoms with van der Waals surface area (Å²) in [6.45, 7) is 2.91. The summed E-state index contributed by atoms with van der Waals surface area (Å²) in [5, 5.41) is 5.50. The zero-order valence-electron chi connectivity index (χ0n) is 10.5. The molecule has 0 bridgehead atoms. The van der Waals surface area contributed by atoms with Gasteiger partial charge in [0.15, 0.2) is 0 Å². The fourth-order valence-electron chi connectivity index (χ4n) is 2.10. The molecule has 6 nitrogen and oxygen atoms in total. The lowest BCUT2D eigenvalue weighted by Crippen LogP contribution is -2.50. The summed E-state index contributed by atoms with van der Waals surface area (Å²) in [5.41, 5.74) is 0. The smallest absolute Gasteiger partial charge is 0.242 e. The van der Waals surface area contributed by atoms with E-state index in [2.05, 4.69) is 15.6 Å². The lowest BCUT2D eigenvalue weighted by atomic mass is 10.1. The maximum Gasteiger partial charge on any atom is 0.242 e. The Morgan fingerprint density at radius 1 is 1.67 bits per heavy atom. The van der Waals surface area contributed by atoms with Gasteiger partial charge in [0.1, 0.15) is 18.4 Å². The minimum atomic E-state index is -0.389. The van der Waals surface area contributed by atoms with Crippen LogP contribution in [0.1, 0.15) is 25.6 Å². The van der Waals surface area contributed by atoms with Crippen molar-refractivity contribution in [2.75, 3.05) is 6.54 Å². The van der Waals surface area contributed by atoms with E-state index in [-0.39, 0.29) is 24.4 Å². The Hall–Kier alpha value is -1.85. The van der Waals surface area contributed by atoms with Crippen LogP contribution in [-0.4, -0.2) is 34.0 Å². The van der Waals surface area contributed by atoms with Crippen LogP contribution in [-0.2, 0) is 22.6 Å². The fourth-order valence-corrected chi connectivity index (χ4v) is 2.10. The molecule has 6 heteroatoms. The van der Waals surface area contributed by atoms with Gasteiger partial charge >= 0.3 is 0 Å². The molecule has 0 radical (unpaired) electrons. The van der Waals surface area contributed by atoms with Crippen molar-refractivity contribution in [2.45, 2.75) is 38.8 Å². The number of rotatable bonds is 4. The number of carbonyl (C=O) groups excluding carboxylic acids is 2. The molecule has 0 unspecified atom stereocenters. The second kappa shape index (κ2) is 5.66. The zero-order valence-corrected chi connectivity index (χ0v) is 10.5. The van der Waals surface area contributed by atoms with Gasteiger partial charge in [-0.2, -0.15) is 0 Å². The molecule has 0 spiro atoms. The number of amides is 2. The van der Waals surface area contributed by atoms with E-state index in [0.29, 0.717) is 13.0 Å². The minimum Gasteiger partial charge on any atom is -0.354 e. The number of carbonyl (C=O) groups is 2. The number of aryl methyl sites for hydroxylation is 1. The van der Waals surface area contributed by atoms with Crippen LogP contribution >= 0.6 is 0 Å². The second-order valence-corrected chi connectivity index (χ2v) is 4.38. The molecule has 0 saturated carbocycles. The summed E-state index contributed by atoms with van der Waals surface area (Å²) in [5.74, 6) is 0.638. The number of hydrogen-bond acceptors (Lipinski definition) is 3. The molecule has 18 heavy (non-hydrogen) atoms. The van der Waals surface area contributed by atoms with Crippen molar-refractivity contribution in [2.24, 2.45) is 0 Å². The quantitative estimate of drug-likeness (QED) is 0.779. The zero-order chi connectivity index (χ0) is 13.0. The van der Waals surface area contributed by atoms with Crippen LogP contribution < -0.4 is 10.6 Å². The summed E-state index contributed by atoms with van der Waals surface area (Å²) in [6.07, 6.45) is 5.85. The van der Waals surface area contributed by atoms with Gasteiger partial charge in [-0.15, -0.1) is 0 Å². The van der Waals surface area contributed by atoms with E-state index in [0.717, 1.165) is 18.7 Å². The maximum absolute atomic E-state index is 11.9. The lowest BCUT2D eigenvalue weighted by molar-refractivity contribution is -0.130. The van der Waals surface area contributed by atoms with Gasteiger partial charge in [0, 0.05) is 25.4 Å². The number of piperidine rings is 1. The maximum atomic E-state index is 11.9. The van der Waals surface area contributed by atoms with Gasteiger partial charge in [0.25, 0.3) is 0 Å². The second-order valence-electron chi connectivity index (χ2n) is 4.38. The summed E-state index contributed by atoms with van der Waals surface area (Å²) in [4.78, 5) is 27.5. The standard InChI is InChI=1S/C12H18N4O2/c1-2-10-13-6-7-16(10)8-11(17)15-9-4-3-5-14-12(9)18/h6-7,9H,2-5,8H2,1H3,(H,14,18)(H,15,17)/t9-/m1/s1. The molecule has 98 valence electrons. The van der Waals surface area contributed by atoms with Gasteiger partial charge in [0.05, 0.1) is 0 Å².